The molecule has 3 nitrogen and oxygen atoms in total. The first-order valence-electron chi connectivity index (χ1n) is 6.02. The SMILES string of the molecule is Cc1ccc(Nc2cnccc2P(C)(C)=O)c(F)c1F. The standard InChI is InChI=1S/C14H15F2N2OP/c1-9-4-5-10(14(16)13(9)15)18-11-8-17-7-6-12(11)20(2,3)19/h4-8,18H,1-3H3. The van der Waals surface area contributed by atoms with Crippen molar-refractivity contribution in [3.05, 3.63) is 47.8 Å². The molecule has 2 rings (SSSR count). The molecular formula is C14H15F2N2OP. The Hall–Kier alpha value is -1.74. The molecule has 2 aromatic rings. The summed E-state index contributed by atoms with van der Waals surface area (Å²) in [5.41, 5.74) is 0.648. The molecule has 1 N–H and O–H groups in total. The Bertz CT molecular complexity index is 698. The second-order valence-corrected chi connectivity index (χ2v) is 8.11. The maximum absolute atomic E-state index is 13.8. The first kappa shape index (κ1) is 14.7. The molecule has 0 unspecified atom stereocenters. The normalized spacial score (nSPS) is 11.4. The van der Waals surface area contributed by atoms with E-state index < -0.39 is 18.8 Å². The van der Waals surface area contributed by atoms with E-state index in [2.05, 4.69) is 10.3 Å². The van der Waals surface area contributed by atoms with Crippen LogP contribution in [0.3, 0.4) is 0 Å². The zero-order valence-electron chi connectivity index (χ0n) is 11.4. The number of nitrogens with one attached hydrogen (secondary N) is 1. The molecule has 0 saturated heterocycles. The van der Waals surface area contributed by atoms with E-state index in [1.807, 2.05) is 0 Å². The van der Waals surface area contributed by atoms with Gasteiger partial charge in [0.2, 0.25) is 0 Å². The molecule has 0 aliphatic carbocycles. The average molecular weight is 296 g/mol. The molecule has 0 fully saturated rings. The molecule has 1 heterocycles. The van der Waals surface area contributed by atoms with Crippen LogP contribution in [0.4, 0.5) is 20.2 Å². The number of pyridine rings is 1. The molecule has 106 valence electrons. The summed E-state index contributed by atoms with van der Waals surface area (Å²) in [7, 11) is -2.55. The molecule has 20 heavy (non-hydrogen) atoms. The van der Waals surface area contributed by atoms with Crippen LogP contribution in [0.2, 0.25) is 0 Å². The average Bonchev–Trinajstić information content (AvgIpc) is 2.39. The van der Waals surface area contributed by atoms with E-state index in [1.165, 1.54) is 31.5 Å². The fourth-order valence-corrected chi connectivity index (χ4v) is 2.96. The van der Waals surface area contributed by atoms with E-state index in [4.69, 9.17) is 0 Å². The molecule has 6 heteroatoms. The van der Waals surface area contributed by atoms with Gasteiger partial charge >= 0.3 is 0 Å². The van der Waals surface area contributed by atoms with Crippen LogP contribution >= 0.6 is 7.14 Å². The van der Waals surface area contributed by atoms with Crippen LogP contribution in [-0.2, 0) is 4.57 Å². The van der Waals surface area contributed by atoms with E-state index in [9.17, 15) is 13.3 Å². The lowest BCUT2D eigenvalue weighted by Gasteiger charge is -2.15. The fraction of sp³-hybridized carbons (Fsp3) is 0.214. The van der Waals surface area contributed by atoms with Gasteiger partial charge in [-0.2, -0.15) is 0 Å². The molecule has 0 radical (unpaired) electrons. The lowest BCUT2D eigenvalue weighted by Crippen LogP contribution is -2.11. The third-order valence-corrected chi connectivity index (χ3v) is 4.47. The summed E-state index contributed by atoms with van der Waals surface area (Å²) in [5.74, 6) is -1.85. The van der Waals surface area contributed by atoms with Gasteiger partial charge in [0, 0.05) is 11.5 Å². The number of rotatable bonds is 3. The van der Waals surface area contributed by atoms with Crippen molar-refractivity contribution in [2.75, 3.05) is 18.6 Å². The lowest BCUT2D eigenvalue weighted by molar-refractivity contribution is 0.506. The molecule has 0 spiro atoms. The van der Waals surface area contributed by atoms with Gasteiger partial charge in [-0.25, -0.2) is 8.78 Å². The number of hydrogen-bond donors (Lipinski definition) is 1. The molecular weight excluding hydrogens is 281 g/mol. The smallest absolute Gasteiger partial charge is 0.182 e. The third-order valence-electron chi connectivity index (χ3n) is 2.92. The van der Waals surface area contributed by atoms with Gasteiger partial charge in [0.1, 0.15) is 7.14 Å². The highest BCUT2D eigenvalue weighted by molar-refractivity contribution is 7.70. The maximum atomic E-state index is 13.8. The Labute approximate surface area is 116 Å². The van der Waals surface area contributed by atoms with Crippen molar-refractivity contribution in [2.45, 2.75) is 6.92 Å². The maximum Gasteiger partial charge on any atom is 0.182 e. The summed E-state index contributed by atoms with van der Waals surface area (Å²) in [6.07, 6.45) is 2.97. The summed E-state index contributed by atoms with van der Waals surface area (Å²) in [5, 5.41) is 3.31. The Kier molecular flexibility index (Phi) is 3.91. The van der Waals surface area contributed by atoms with Gasteiger partial charge in [0.25, 0.3) is 0 Å². The predicted molar refractivity (Wildman–Crippen MR) is 77.7 cm³/mol. The minimum Gasteiger partial charge on any atom is -0.351 e. The van der Waals surface area contributed by atoms with Crippen LogP contribution in [0.15, 0.2) is 30.6 Å². The topological polar surface area (TPSA) is 42.0 Å². The number of hydrogen-bond acceptors (Lipinski definition) is 3. The van der Waals surface area contributed by atoms with Gasteiger partial charge in [-0.1, -0.05) is 6.07 Å². The van der Waals surface area contributed by atoms with Crippen LogP contribution in [0.5, 0.6) is 0 Å². The summed E-state index contributed by atoms with van der Waals surface area (Å²) in [6, 6.07) is 4.54. The Morgan fingerprint density at radius 1 is 1.10 bits per heavy atom. The molecule has 0 aliphatic heterocycles. The summed E-state index contributed by atoms with van der Waals surface area (Å²) in [4.78, 5) is 3.92. The van der Waals surface area contributed by atoms with Crippen LogP contribution in [-0.4, -0.2) is 18.3 Å². The summed E-state index contributed by atoms with van der Waals surface area (Å²) in [6.45, 7) is 4.71. The van der Waals surface area contributed by atoms with E-state index in [-0.39, 0.29) is 11.3 Å². The van der Waals surface area contributed by atoms with Crippen molar-refractivity contribution >= 4 is 23.8 Å². The molecule has 1 aromatic heterocycles. The van der Waals surface area contributed by atoms with Crippen molar-refractivity contribution in [1.29, 1.82) is 0 Å². The monoisotopic (exact) mass is 296 g/mol. The minimum atomic E-state index is -2.55. The van der Waals surface area contributed by atoms with Crippen molar-refractivity contribution in [1.82, 2.24) is 4.98 Å². The van der Waals surface area contributed by atoms with E-state index in [0.717, 1.165) is 0 Å². The number of aryl methyl sites for hydroxylation is 1. The first-order valence-corrected chi connectivity index (χ1v) is 8.62. The highest BCUT2D eigenvalue weighted by Gasteiger charge is 2.18. The number of aromatic nitrogens is 1. The number of benzene rings is 1. The molecule has 0 saturated carbocycles. The van der Waals surface area contributed by atoms with E-state index in [0.29, 0.717) is 11.0 Å². The molecule has 0 amide bonds. The van der Waals surface area contributed by atoms with Crippen LogP contribution in [0.1, 0.15) is 5.56 Å². The molecule has 0 aliphatic rings. The number of halogens is 2. The van der Waals surface area contributed by atoms with Gasteiger partial charge in [-0.05, 0) is 37.9 Å². The van der Waals surface area contributed by atoms with Crippen LogP contribution < -0.4 is 10.6 Å². The molecule has 1 aromatic carbocycles. The van der Waals surface area contributed by atoms with Gasteiger partial charge in [0.05, 0.1) is 17.6 Å². The fourth-order valence-electron chi connectivity index (χ4n) is 1.84. The second-order valence-electron chi connectivity index (χ2n) is 4.93. The Morgan fingerprint density at radius 3 is 2.45 bits per heavy atom. The first-order chi connectivity index (χ1) is 9.30. The van der Waals surface area contributed by atoms with E-state index >= 15 is 0 Å². The van der Waals surface area contributed by atoms with E-state index in [1.54, 1.807) is 19.4 Å². The third kappa shape index (κ3) is 2.88. The van der Waals surface area contributed by atoms with Crippen molar-refractivity contribution in [3.8, 4) is 0 Å². The number of anilines is 2. The number of nitrogens with zero attached hydrogens (tertiary/aromatic N) is 1. The van der Waals surface area contributed by atoms with Gasteiger partial charge in [-0.15, -0.1) is 0 Å². The quantitative estimate of drug-likeness (QED) is 0.879. The Morgan fingerprint density at radius 2 is 1.80 bits per heavy atom. The largest absolute Gasteiger partial charge is 0.351 e. The van der Waals surface area contributed by atoms with Gasteiger partial charge in [-0.3, -0.25) is 4.98 Å². The molecule has 0 bridgehead atoms. The molecule has 0 atom stereocenters. The second kappa shape index (κ2) is 5.33. The summed E-state index contributed by atoms with van der Waals surface area (Å²) >= 11 is 0. The van der Waals surface area contributed by atoms with Crippen LogP contribution in [0.25, 0.3) is 0 Å². The van der Waals surface area contributed by atoms with Crippen molar-refractivity contribution in [2.24, 2.45) is 0 Å². The predicted octanol–water partition coefficient (Wildman–Crippen LogP) is 3.66. The minimum absolute atomic E-state index is 0.00389. The summed E-state index contributed by atoms with van der Waals surface area (Å²) < 4.78 is 39.6. The van der Waals surface area contributed by atoms with Crippen LogP contribution in [0, 0.1) is 18.6 Å². The Balaban J connectivity index is 2.47. The van der Waals surface area contributed by atoms with Gasteiger partial charge < -0.3 is 9.88 Å². The highest BCUT2D eigenvalue weighted by Crippen LogP contribution is 2.38. The van der Waals surface area contributed by atoms with Gasteiger partial charge in [0.15, 0.2) is 11.6 Å². The zero-order chi connectivity index (χ0) is 14.9. The lowest BCUT2D eigenvalue weighted by atomic mass is 10.2. The van der Waals surface area contributed by atoms with Crippen molar-refractivity contribution < 1.29 is 13.3 Å². The van der Waals surface area contributed by atoms with Crippen molar-refractivity contribution in [3.63, 3.8) is 0 Å². The highest BCUT2D eigenvalue weighted by atomic mass is 31.2. The zero-order valence-corrected chi connectivity index (χ0v) is 12.3.